The summed E-state index contributed by atoms with van der Waals surface area (Å²) in [6.45, 7) is 4.08. The Bertz CT molecular complexity index is 765. The third kappa shape index (κ3) is 9.18. The summed E-state index contributed by atoms with van der Waals surface area (Å²) in [7, 11) is 0. The summed E-state index contributed by atoms with van der Waals surface area (Å²) in [5.74, 6) is -3.30. The van der Waals surface area contributed by atoms with Crippen molar-refractivity contribution in [3.05, 3.63) is 54.1 Å². The van der Waals surface area contributed by atoms with Crippen molar-refractivity contribution >= 4 is 5.91 Å². The number of aromatic amines is 1. The molecule has 0 aliphatic heterocycles. The van der Waals surface area contributed by atoms with E-state index in [0.29, 0.717) is 18.0 Å². The van der Waals surface area contributed by atoms with Crippen molar-refractivity contribution in [1.82, 2.24) is 15.3 Å². The van der Waals surface area contributed by atoms with E-state index >= 15 is 0 Å². The molecule has 31 heavy (non-hydrogen) atoms. The highest BCUT2D eigenvalue weighted by Crippen LogP contribution is 2.19. The van der Waals surface area contributed by atoms with E-state index in [-0.39, 0.29) is 25.7 Å². The van der Waals surface area contributed by atoms with Gasteiger partial charge in [0, 0.05) is 37.1 Å². The summed E-state index contributed by atoms with van der Waals surface area (Å²) in [5, 5.41) is 43.7. The number of aliphatic hydroxyl groups excluding tert-OH is 2. The first kappa shape index (κ1) is 25.0. The van der Waals surface area contributed by atoms with E-state index in [0.717, 1.165) is 12.0 Å². The highest BCUT2D eigenvalue weighted by atomic mass is 16.5. The van der Waals surface area contributed by atoms with Gasteiger partial charge in [-0.2, -0.15) is 0 Å². The first-order chi connectivity index (χ1) is 14.7. The van der Waals surface area contributed by atoms with Gasteiger partial charge in [0.2, 0.25) is 11.8 Å². The van der Waals surface area contributed by atoms with E-state index in [1.54, 1.807) is 6.20 Å². The van der Waals surface area contributed by atoms with Crippen LogP contribution in [-0.4, -0.2) is 54.4 Å². The molecule has 0 aliphatic rings. The van der Waals surface area contributed by atoms with Gasteiger partial charge in [-0.3, -0.25) is 4.79 Å². The third-order valence-electron chi connectivity index (χ3n) is 5.28. The van der Waals surface area contributed by atoms with Crippen molar-refractivity contribution in [3.63, 3.8) is 0 Å². The molecule has 172 valence electrons. The predicted octanol–water partition coefficient (Wildman–Crippen LogP) is 1.50. The molecule has 0 fully saturated rings. The molecular formula is C23H35N3O5. The topological polar surface area (TPSA) is 139 Å². The monoisotopic (exact) mass is 433 g/mol. The number of carbonyl (C=O) groups excluding carboxylic acids is 1. The fraction of sp³-hybridized carbons (Fsp3) is 0.565. The molecule has 0 radical (unpaired) electrons. The number of nitrogens with one attached hydrogen (secondary N) is 2. The lowest BCUT2D eigenvalue weighted by Crippen LogP contribution is -2.51. The summed E-state index contributed by atoms with van der Waals surface area (Å²) >= 11 is 0. The zero-order valence-corrected chi connectivity index (χ0v) is 18.2. The Labute approximate surface area is 183 Å². The molecule has 6 N–H and O–H groups in total. The molecular weight excluding hydrogens is 398 g/mol. The van der Waals surface area contributed by atoms with Crippen LogP contribution in [0.3, 0.4) is 0 Å². The quantitative estimate of drug-likeness (QED) is 0.265. The smallest absolute Gasteiger partial charge is 0.246 e. The van der Waals surface area contributed by atoms with Gasteiger partial charge in [0.05, 0.1) is 18.5 Å². The van der Waals surface area contributed by atoms with Crippen molar-refractivity contribution < 1.29 is 25.2 Å². The molecule has 8 nitrogen and oxygen atoms in total. The summed E-state index contributed by atoms with van der Waals surface area (Å²) in [4.78, 5) is 19.7. The maximum Gasteiger partial charge on any atom is 0.246 e. The van der Waals surface area contributed by atoms with E-state index in [1.807, 2.05) is 44.2 Å². The Morgan fingerprint density at radius 1 is 1.13 bits per heavy atom. The SMILES string of the molecule is CC(C)CCCC(O)(O)NC(=O)C(Cc1cnc[nH]1)CC(O)[C@@H](O)Cc1ccccc1. The van der Waals surface area contributed by atoms with Crippen LogP contribution < -0.4 is 5.32 Å². The predicted molar refractivity (Wildman–Crippen MR) is 117 cm³/mol. The van der Waals surface area contributed by atoms with Crippen molar-refractivity contribution in [2.45, 2.75) is 70.5 Å². The molecule has 0 saturated heterocycles. The highest BCUT2D eigenvalue weighted by molar-refractivity contribution is 5.79. The molecule has 2 unspecified atom stereocenters. The number of nitrogens with zero attached hydrogens (tertiary/aromatic N) is 1. The average Bonchev–Trinajstić information content (AvgIpc) is 3.20. The van der Waals surface area contributed by atoms with Gasteiger partial charge in [-0.25, -0.2) is 4.98 Å². The van der Waals surface area contributed by atoms with Gasteiger partial charge in [-0.15, -0.1) is 0 Å². The van der Waals surface area contributed by atoms with Crippen LogP contribution in [0, 0.1) is 11.8 Å². The van der Waals surface area contributed by atoms with Gasteiger partial charge in [0.25, 0.3) is 0 Å². The fourth-order valence-electron chi connectivity index (χ4n) is 3.50. The maximum absolute atomic E-state index is 12.8. The molecule has 2 rings (SSSR count). The van der Waals surface area contributed by atoms with Gasteiger partial charge in [0.15, 0.2) is 0 Å². The number of aliphatic hydroxyl groups is 4. The van der Waals surface area contributed by atoms with E-state index in [9.17, 15) is 25.2 Å². The van der Waals surface area contributed by atoms with Gasteiger partial charge < -0.3 is 30.7 Å². The molecule has 0 aliphatic carbocycles. The number of carbonyl (C=O) groups is 1. The number of benzene rings is 1. The normalized spacial score (nSPS) is 14.9. The Balaban J connectivity index is 2.01. The highest BCUT2D eigenvalue weighted by Gasteiger charge is 2.32. The van der Waals surface area contributed by atoms with E-state index < -0.39 is 29.9 Å². The zero-order valence-electron chi connectivity index (χ0n) is 18.2. The number of rotatable bonds is 13. The van der Waals surface area contributed by atoms with Gasteiger partial charge >= 0.3 is 0 Å². The van der Waals surface area contributed by atoms with Crippen LogP contribution in [0.5, 0.6) is 0 Å². The molecule has 2 aromatic rings. The van der Waals surface area contributed by atoms with Crippen molar-refractivity contribution in [2.75, 3.05) is 0 Å². The minimum absolute atomic E-state index is 0.00683. The molecule has 1 aromatic carbocycles. The standard InChI is InChI=1S/C23H35N3O5/c1-16(2)7-6-10-23(30,31)26-22(29)18(12-19-14-24-15-25-19)13-21(28)20(27)11-17-8-4-3-5-9-17/h3-5,8-9,14-16,18,20-21,27-28,30-31H,6-7,10-13H2,1-2H3,(H,24,25)(H,26,29)/t18?,20-,21?/m0/s1. The number of H-pyrrole nitrogens is 1. The second kappa shape index (κ2) is 12.0. The third-order valence-corrected chi connectivity index (χ3v) is 5.28. The summed E-state index contributed by atoms with van der Waals surface area (Å²) in [6.07, 6.45) is 2.62. The Morgan fingerprint density at radius 3 is 2.45 bits per heavy atom. The fourth-order valence-corrected chi connectivity index (χ4v) is 3.50. The number of hydrogen-bond acceptors (Lipinski definition) is 6. The number of amides is 1. The van der Waals surface area contributed by atoms with Crippen molar-refractivity contribution in [2.24, 2.45) is 11.8 Å². The Morgan fingerprint density at radius 2 is 1.84 bits per heavy atom. The lowest BCUT2D eigenvalue weighted by atomic mass is 9.91. The number of hydrogen-bond donors (Lipinski definition) is 6. The largest absolute Gasteiger partial charge is 0.390 e. The zero-order chi connectivity index (χ0) is 22.9. The summed E-state index contributed by atoms with van der Waals surface area (Å²) in [6, 6.07) is 9.28. The average molecular weight is 434 g/mol. The molecule has 0 bridgehead atoms. The van der Waals surface area contributed by atoms with Crippen molar-refractivity contribution in [1.29, 1.82) is 0 Å². The first-order valence-electron chi connectivity index (χ1n) is 10.8. The minimum atomic E-state index is -2.33. The van der Waals surface area contributed by atoms with Crippen LogP contribution in [0.2, 0.25) is 0 Å². The molecule has 8 heteroatoms. The van der Waals surface area contributed by atoms with Crippen molar-refractivity contribution in [3.8, 4) is 0 Å². The van der Waals surface area contributed by atoms with Crippen LogP contribution >= 0.6 is 0 Å². The number of aromatic nitrogens is 2. The lowest BCUT2D eigenvalue weighted by Gasteiger charge is -2.28. The second-order valence-corrected chi connectivity index (χ2v) is 8.63. The molecule has 0 saturated carbocycles. The van der Waals surface area contributed by atoms with Crippen LogP contribution in [-0.2, 0) is 17.6 Å². The van der Waals surface area contributed by atoms with Crippen LogP contribution in [0.4, 0.5) is 0 Å². The van der Waals surface area contributed by atoms with Crippen LogP contribution in [0.15, 0.2) is 42.9 Å². The Hall–Kier alpha value is -2.26. The summed E-state index contributed by atoms with van der Waals surface area (Å²) < 4.78 is 0. The van der Waals surface area contributed by atoms with Gasteiger partial charge in [-0.1, -0.05) is 50.6 Å². The van der Waals surface area contributed by atoms with E-state index in [4.69, 9.17) is 0 Å². The lowest BCUT2D eigenvalue weighted by molar-refractivity contribution is -0.196. The summed E-state index contributed by atoms with van der Waals surface area (Å²) in [5.41, 5.74) is 1.55. The van der Waals surface area contributed by atoms with Crippen LogP contribution in [0.1, 0.15) is 50.8 Å². The molecule has 1 amide bonds. The minimum Gasteiger partial charge on any atom is -0.390 e. The van der Waals surface area contributed by atoms with Crippen LogP contribution in [0.25, 0.3) is 0 Å². The Kier molecular flexibility index (Phi) is 9.64. The molecule has 1 aromatic heterocycles. The van der Waals surface area contributed by atoms with Gasteiger partial charge in [0.1, 0.15) is 0 Å². The molecule has 3 atom stereocenters. The first-order valence-corrected chi connectivity index (χ1v) is 10.8. The second-order valence-electron chi connectivity index (χ2n) is 8.63. The van der Waals surface area contributed by atoms with Gasteiger partial charge in [-0.05, 0) is 24.3 Å². The number of imidazole rings is 1. The van der Waals surface area contributed by atoms with E-state index in [1.165, 1.54) is 6.33 Å². The maximum atomic E-state index is 12.8. The molecule has 1 heterocycles. The molecule has 0 spiro atoms. The van der Waals surface area contributed by atoms with E-state index in [2.05, 4.69) is 15.3 Å².